The van der Waals surface area contributed by atoms with E-state index in [1.54, 1.807) is 0 Å². The first-order valence-electron chi connectivity index (χ1n) is 7.34. The van der Waals surface area contributed by atoms with Crippen molar-refractivity contribution in [3.8, 4) is 0 Å². The van der Waals surface area contributed by atoms with Gasteiger partial charge >= 0.3 is 0 Å². The number of halogens is 1. The van der Waals surface area contributed by atoms with Crippen LogP contribution in [0.3, 0.4) is 0 Å². The fourth-order valence-electron chi connectivity index (χ4n) is 2.79. The van der Waals surface area contributed by atoms with Gasteiger partial charge in [0.2, 0.25) is 5.91 Å². The van der Waals surface area contributed by atoms with Gasteiger partial charge in [-0.25, -0.2) is 0 Å². The molecule has 1 aliphatic rings. The van der Waals surface area contributed by atoms with E-state index >= 15 is 0 Å². The van der Waals surface area contributed by atoms with Gasteiger partial charge in [-0.15, -0.1) is 0 Å². The Labute approximate surface area is 128 Å². The minimum absolute atomic E-state index is 0.0880. The van der Waals surface area contributed by atoms with Crippen molar-refractivity contribution in [3.63, 3.8) is 0 Å². The summed E-state index contributed by atoms with van der Waals surface area (Å²) in [5.41, 5.74) is 1.06. The zero-order chi connectivity index (χ0) is 14.5. The van der Waals surface area contributed by atoms with Gasteiger partial charge in [-0.1, -0.05) is 35.0 Å². The summed E-state index contributed by atoms with van der Waals surface area (Å²) in [4.78, 5) is 12.4. The molecule has 1 unspecified atom stereocenters. The fourth-order valence-corrected chi connectivity index (χ4v) is 3.05. The Bertz CT molecular complexity index is 438. The maximum absolute atomic E-state index is 12.4. The predicted molar refractivity (Wildman–Crippen MR) is 83.6 cm³/mol. The molecule has 0 aromatic heterocycles. The molecule has 0 bridgehead atoms. The Morgan fingerprint density at radius 3 is 2.45 bits per heavy atom. The van der Waals surface area contributed by atoms with Crippen LogP contribution in [0, 0.1) is 0 Å². The smallest absolute Gasteiger partial charge is 0.227 e. The van der Waals surface area contributed by atoms with Crippen LogP contribution in [0.4, 0.5) is 0 Å². The molecule has 0 spiro atoms. The molecular formula is C16H22BrNO2. The Balaban J connectivity index is 1.97. The van der Waals surface area contributed by atoms with Gasteiger partial charge in [0.15, 0.2) is 0 Å². The molecule has 3 nitrogen and oxygen atoms in total. The molecule has 1 aromatic rings. The van der Waals surface area contributed by atoms with Crippen LogP contribution in [-0.2, 0) is 4.79 Å². The monoisotopic (exact) mass is 339 g/mol. The molecule has 2 N–H and O–H groups in total. The number of carbonyl (C=O) groups is 1. The lowest BCUT2D eigenvalue weighted by Crippen LogP contribution is -2.40. The van der Waals surface area contributed by atoms with Crippen molar-refractivity contribution in [2.45, 2.75) is 57.1 Å². The van der Waals surface area contributed by atoms with E-state index in [0.717, 1.165) is 42.1 Å². The molecule has 4 heteroatoms. The van der Waals surface area contributed by atoms with Crippen molar-refractivity contribution in [1.29, 1.82) is 0 Å². The van der Waals surface area contributed by atoms with Crippen molar-refractivity contribution in [2.24, 2.45) is 0 Å². The van der Waals surface area contributed by atoms with E-state index in [4.69, 9.17) is 0 Å². The number of aliphatic hydroxyl groups is 1. The van der Waals surface area contributed by atoms with Crippen LogP contribution in [0.1, 0.15) is 50.5 Å². The van der Waals surface area contributed by atoms with E-state index in [9.17, 15) is 9.90 Å². The lowest BCUT2D eigenvalue weighted by atomic mass is 9.91. The second-order valence-electron chi connectivity index (χ2n) is 5.53. The summed E-state index contributed by atoms with van der Waals surface area (Å²) >= 11 is 3.41. The Morgan fingerprint density at radius 2 is 1.90 bits per heavy atom. The van der Waals surface area contributed by atoms with Crippen molar-refractivity contribution in [1.82, 2.24) is 5.32 Å². The summed E-state index contributed by atoms with van der Waals surface area (Å²) < 4.78 is 1.03. The largest absolute Gasteiger partial charge is 0.393 e. The first kappa shape index (κ1) is 15.5. The second kappa shape index (κ2) is 7.23. The highest BCUT2D eigenvalue weighted by molar-refractivity contribution is 9.10. The molecule has 20 heavy (non-hydrogen) atoms. The van der Waals surface area contributed by atoms with Crippen molar-refractivity contribution < 1.29 is 9.90 Å². The number of hydrogen-bond donors (Lipinski definition) is 2. The number of nitrogens with one attached hydrogen (secondary N) is 1. The normalized spacial score (nSPS) is 24.1. The van der Waals surface area contributed by atoms with Crippen molar-refractivity contribution in [3.05, 3.63) is 34.3 Å². The summed E-state index contributed by atoms with van der Waals surface area (Å²) in [6.45, 7) is 2.04. The maximum Gasteiger partial charge on any atom is 0.227 e. The summed E-state index contributed by atoms with van der Waals surface area (Å²) in [5, 5.41) is 12.6. The van der Waals surface area contributed by atoms with Crippen molar-refractivity contribution in [2.75, 3.05) is 0 Å². The number of aliphatic hydroxyl groups excluding tert-OH is 1. The predicted octanol–water partition coefficient (Wildman–Crippen LogP) is 3.36. The second-order valence-corrected chi connectivity index (χ2v) is 6.44. The molecule has 0 heterocycles. The van der Waals surface area contributed by atoms with E-state index in [-0.39, 0.29) is 24.0 Å². The molecule has 0 saturated heterocycles. The number of benzene rings is 1. The van der Waals surface area contributed by atoms with Crippen LogP contribution in [0.25, 0.3) is 0 Å². The molecule has 1 fully saturated rings. The first-order chi connectivity index (χ1) is 9.60. The van der Waals surface area contributed by atoms with Crippen LogP contribution < -0.4 is 5.32 Å². The molecule has 2 rings (SSSR count). The van der Waals surface area contributed by atoms with Crippen LogP contribution >= 0.6 is 15.9 Å². The molecule has 1 aromatic carbocycles. The fraction of sp³-hybridized carbons (Fsp3) is 0.562. The molecule has 0 radical (unpaired) electrons. The Morgan fingerprint density at radius 1 is 1.30 bits per heavy atom. The molecule has 1 amide bonds. The van der Waals surface area contributed by atoms with Gasteiger partial charge in [-0.2, -0.15) is 0 Å². The zero-order valence-corrected chi connectivity index (χ0v) is 13.4. The lowest BCUT2D eigenvalue weighted by Gasteiger charge is -2.28. The zero-order valence-electron chi connectivity index (χ0n) is 11.8. The van der Waals surface area contributed by atoms with Crippen molar-refractivity contribution >= 4 is 21.8 Å². The average Bonchev–Trinajstić information content (AvgIpc) is 2.44. The molecule has 1 saturated carbocycles. The standard InChI is InChI=1S/C16H22BrNO2/c1-2-15(11-3-5-12(17)6-4-11)16(20)18-13-7-9-14(19)10-8-13/h3-6,13-15,19H,2,7-10H2,1H3,(H,18,20). The topological polar surface area (TPSA) is 49.3 Å². The number of rotatable bonds is 4. The third-order valence-corrected chi connectivity index (χ3v) is 4.57. The highest BCUT2D eigenvalue weighted by Gasteiger charge is 2.24. The summed E-state index contributed by atoms with van der Waals surface area (Å²) in [6, 6.07) is 8.17. The van der Waals surface area contributed by atoms with Gasteiger partial charge in [0.1, 0.15) is 0 Å². The van der Waals surface area contributed by atoms with Gasteiger partial charge in [-0.3, -0.25) is 4.79 Å². The highest BCUT2D eigenvalue weighted by Crippen LogP contribution is 2.24. The molecular weight excluding hydrogens is 318 g/mol. The lowest BCUT2D eigenvalue weighted by molar-refractivity contribution is -0.123. The van der Waals surface area contributed by atoms with Crippen LogP contribution in [0.5, 0.6) is 0 Å². The maximum atomic E-state index is 12.4. The van der Waals surface area contributed by atoms with Gasteiger partial charge in [-0.05, 0) is 49.8 Å². The van der Waals surface area contributed by atoms with E-state index in [0.29, 0.717) is 0 Å². The summed E-state index contributed by atoms with van der Waals surface area (Å²) in [7, 11) is 0. The number of carbonyl (C=O) groups excluding carboxylic acids is 1. The molecule has 1 atom stereocenters. The SMILES string of the molecule is CCC(C(=O)NC1CCC(O)CC1)c1ccc(Br)cc1. The average molecular weight is 340 g/mol. The van der Waals surface area contributed by atoms with E-state index < -0.39 is 0 Å². The third-order valence-electron chi connectivity index (χ3n) is 4.04. The van der Waals surface area contributed by atoms with E-state index in [1.165, 1.54) is 0 Å². The van der Waals surface area contributed by atoms with E-state index in [1.807, 2.05) is 31.2 Å². The van der Waals surface area contributed by atoms with Gasteiger partial charge < -0.3 is 10.4 Å². The summed E-state index contributed by atoms with van der Waals surface area (Å²) in [5.74, 6) is 0.0196. The van der Waals surface area contributed by atoms with E-state index in [2.05, 4.69) is 21.2 Å². The summed E-state index contributed by atoms with van der Waals surface area (Å²) in [6.07, 6.45) is 3.95. The minimum Gasteiger partial charge on any atom is -0.393 e. The van der Waals surface area contributed by atoms with Crippen LogP contribution in [-0.4, -0.2) is 23.2 Å². The Hall–Kier alpha value is -0.870. The van der Waals surface area contributed by atoms with Gasteiger partial charge in [0.25, 0.3) is 0 Å². The third kappa shape index (κ3) is 4.06. The Kier molecular flexibility index (Phi) is 5.61. The molecule has 110 valence electrons. The van der Waals surface area contributed by atoms with Gasteiger partial charge in [0.05, 0.1) is 12.0 Å². The molecule has 1 aliphatic carbocycles. The van der Waals surface area contributed by atoms with Crippen LogP contribution in [0.15, 0.2) is 28.7 Å². The first-order valence-corrected chi connectivity index (χ1v) is 8.13. The number of amides is 1. The van der Waals surface area contributed by atoms with Crippen LogP contribution in [0.2, 0.25) is 0 Å². The quantitative estimate of drug-likeness (QED) is 0.883. The van der Waals surface area contributed by atoms with Gasteiger partial charge in [0, 0.05) is 10.5 Å². The highest BCUT2D eigenvalue weighted by atomic mass is 79.9. The number of hydrogen-bond acceptors (Lipinski definition) is 2. The minimum atomic E-state index is -0.184. The molecule has 0 aliphatic heterocycles.